The lowest BCUT2D eigenvalue weighted by molar-refractivity contribution is -0.137. The van der Waals surface area contributed by atoms with Gasteiger partial charge >= 0.3 is 5.97 Å². The maximum atomic E-state index is 11.5. The minimum absolute atomic E-state index is 0.209. The topological polar surface area (TPSA) is 104 Å². The maximum absolute atomic E-state index is 11.5. The van der Waals surface area contributed by atoms with E-state index in [2.05, 4.69) is 20.8 Å². The van der Waals surface area contributed by atoms with Gasteiger partial charge in [0.05, 0.1) is 0 Å². The molecule has 0 bridgehead atoms. The Kier molecular flexibility index (Phi) is 7.02. The zero-order valence-corrected chi connectivity index (χ0v) is 11.6. The van der Waals surface area contributed by atoms with Crippen molar-refractivity contribution in [2.24, 2.45) is 0 Å². The van der Waals surface area contributed by atoms with Gasteiger partial charge in [0.25, 0.3) is 5.91 Å². The molecule has 0 unspecified atom stereocenters. The number of aromatic nitrogens is 2. The van der Waals surface area contributed by atoms with Crippen molar-refractivity contribution in [3.05, 3.63) is 17.8 Å². The molecule has 0 radical (unpaired) electrons. The molecular formula is C13H20N4O3. The predicted octanol–water partition coefficient (Wildman–Crippen LogP) is 1.28. The van der Waals surface area contributed by atoms with Crippen molar-refractivity contribution < 1.29 is 14.7 Å². The Morgan fingerprint density at radius 3 is 2.60 bits per heavy atom. The second-order valence-electron chi connectivity index (χ2n) is 4.29. The molecular weight excluding hydrogens is 260 g/mol. The van der Waals surface area contributed by atoms with Crippen LogP contribution in [-0.4, -0.2) is 40.3 Å². The van der Waals surface area contributed by atoms with Crippen molar-refractivity contribution in [3.8, 4) is 0 Å². The maximum Gasteiger partial charge on any atom is 0.303 e. The highest BCUT2D eigenvalue weighted by atomic mass is 16.4. The molecule has 0 spiro atoms. The first-order chi connectivity index (χ1) is 9.63. The molecule has 0 aliphatic heterocycles. The van der Waals surface area contributed by atoms with Crippen LogP contribution in [0.1, 0.15) is 43.1 Å². The number of carboxylic acid groups (broad SMARTS) is 1. The third-order valence-electron chi connectivity index (χ3n) is 2.61. The highest BCUT2D eigenvalue weighted by Gasteiger charge is 2.06. The van der Waals surface area contributed by atoms with E-state index in [1.807, 2.05) is 6.92 Å². The van der Waals surface area contributed by atoms with E-state index in [1.165, 1.54) is 0 Å². The third-order valence-corrected chi connectivity index (χ3v) is 2.61. The average molecular weight is 280 g/mol. The second kappa shape index (κ2) is 8.84. The number of aliphatic carboxylic acids is 1. The number of anilines is 1. The fraction of sp³-hybridized carbons (Fsp3) is 0.538. The zero-order valence-electron chi connectivity index (χ0n) is 11.6. The average Bonchev–Trinajstić information content (AvgIpc) is 2.43. The fourth-order valence-electron chi connectivity index (χ4n) is 1.59. The molecule has 1 amide bonds. The van der Waals surface area contributed by atoms with E-state index in [0.717, 1.165) is 12.8 Å². The van der Waals surface area contributed by atoms with Crippen molar-refractivity contribution >= 4 is 17.7 Å². The molecule has 0 aliphatic rings. The first-order valence-electron chi connectivity index (χ1n) is 6.71. The van der Waals surface area contributed by atoms with E-state index in [4.69, 9.17) is 5.11 Å². The number of carbonyl (C=O) groups excluding carboxylic acids is 1. The van der Waals surface area contributed by atoms with Crippen LogP contribution >= 0.6 is 0 Å². The van der Waals surface area contributed by atoms with Gasteiger partial charge in [-0.05, 0) is 31.9 Å². The molecule has 7 nitrogen and oxygen atoms in total. The highest BCUT2D eigenvalue weighted by molar-refractivity contribution is 5.92. The van der Waals surface area contributed by atoms with Gasteiger partial charge in [-0.25, -0.2) is 0 Å². The van der Waals surface area contributed by atoms with E-state index in [9.17, 15) is 9.59 Å². The third kappa shape index (κ3) is 6.12. The molecule has 0 saturated carbocycles. The lowest BCUT2D eigenvalue weighted by Crippen LogP contribution is -2.24. The van der Waals surface area contributed by atoms with E-state index in [-0.39, 0.29) is 12.3 Å². The molecule has 1 aromatic rings. The summed E-state index contributed by atoms with van der Waals surface area (Å²) in [5, 5.41) is 22.0. The summed E-state index contributed by atoms with van der Waals surface area (Å²) < 4.78 is 0. The van der Waals surface area contributed by atoms with Gasteiger partial charge in [0.15, 0.2) is 5.69 Å². The molecule has 1 heterocycles. The normalized spacial score (nSPS) is 10.1. The number of carbonyl (C=O) groups is 2. The van der Waals surface area contributed by atoms with E-state index in [1.54, 1.807) is 12.1 Å². The zero-order chi connectivity index (χ0) is 14.8. The second-order valence-corrected chi connectivity index (χ2v) is 4.29. The SMILES string of the molecule is CCNC(=O)c1ccc(NCCCCCC(=O)O)nn1. The van der Waals surface area contributed by atoms with Crippen molar-refractivity contribution in [2.45, 2.75) is 32.6 Å². The predicted molar refractivity (Wildman–Crippen MR) is 74.6 cm³/mol. The van der Waals surface area contributed by atoms with Gasteiger partial charge in [-0.2, -0.15) is 0 Å². The first kappa shape index (κ1) is 15.9. The van der Waals surface area contributed by atoms with Crippen LogP contribution in [0.2, 0.25) is 0 Å². The van der Waals surface area contributed by atoms with Crippen LogP contribution in [0.4, 0.5) is 5.82 Å². The summed E-state index contributed by atoms with van der Waals surface area (Å²) in [5.74, 6) is -0.388. The van der Waals surface area contributed by atoms with E-state index in [0.29, 0.717) is 31.0 Å². The Hall–Kier alpha value is -2.18. The Balaban J connectivity index is 2.24. The summed E-state index contributed by atoms with van der Waals surface area (Å²) in [5.41, 5.74) is 0.291. The molecule has 7 heteroatoms. The molecule has 0 atom stereocenters. The number of nitrogens with one attached hydrogen (secondary N) is 2. The molecule has 0 aliphatic carbocycles. The first-order valence-corrected chi connectivity index (χ1v) is 6.71. The monoisotopic (exact) mass is 280 g/mol. The summed E-state index contributed by atoms with van der Waals surface area (Å²) in [6.45, 7) is 3.09. The Morgan fingerprint density at radius 1 is 1.20 bits per heavy atom. The molecule has 20 heavy (non-hydrogen) atoms. The lowest BCUT2D eigenvalue weighted by Gasteiger charge is -2.05. The summed E-state index contributed by atoms with van der Waals surface area (Å²) >= 11 is 0. The Labute approximate surface area is 117 Å². The van der Waals surface area contributed by atoms with E-state index < -0.39 is 5.97 Å². The molecule has 0 aromatic carbocycles. The Bertz CT molecular complexity index is 434. The van der Waals surface area contributed by atoms with Crippen LogP contribution in [0.25, 0.3) is 0 Å². The summed E-state index contributed by atoms with van der Waals surface area (Å²) in [6.07, 6.45) is 2.61. The number of nitrogens with zero attached hydrogens (tertiary/aromatic N) is 2. The van der Waals surface area contributed by atoms with Crippen molar-refractivity contribution in [1.29, 1.82) is 0 Å². The van der Waals surface area contributed by atoms with Crippen LogP contribution in [-0.2, 0) is 4.79 Å². The molecule has 0 saturated heterocycles. The van der Waals surface area contributed by atoms with Gasteiger partial charge in [-0.3, -0.25) is 9.59 Å². The van der Waals surface area contributed by atoms with Gasteiger partial charge in [0.2, 0.25) is 0 Å². The van der Waals surface area contributed by atoms with Crippen LogP contribution in [0, 0.1) is 0 Å². The van der Waals surface area contributed by atoms with Gasteiger partial charge in [0, 0.05) is 19.5 Å². The van der Waals surface area contributed by atoms with Gasteiger partial charge in [-0.1, -0.05) is 6.42 Å². The van der Waals surface area contributed by atoms with Gasteiger partial charge < -0.3 is 15.7 Å². The quantitative estimate of drug-likeness (QED) is 0.589. The van der Waals surface area contributed by atoms with E-state index >= 15 is 0 Å². The van der Waals surface area contributed by atoms with Crippen molar-refractivity contribution in [2.75, 3.05) is 18.4 Å². The van der Waals surface area contributed by atoms with Gasteiger partial charge in [0.1, 0.15) is 5.82 Å². The van der Waals surface area contributed by atoms with Crippen LogP contribution < -0.4 is 10.6 Å². The van der Waals surface area contributed by atoms with Crippen LogP contribution in [0.5, 0.6) is 0 Å². The Morgan fingerprint density at radius 2 is 2.00 bits per heavy atom. The minimum atomic E-state index is -0.759. The number of rotatable bonds is 9. The van der Waals surface area contributed by atoms with Crippen molar-refractivity contribution in [1.82, 2.24) is 15.5 Å². The number of unbranched alkanes of at least 4 members (excludes halogenated alkanes) is 2. The van der Waals surface area contributed by atoms with Crippen molar-refractivity contribution in [3.63, 3.8) is 0 Å². The summed E-state index contributed by atoms with van der Waals surface area (Å²) in [6, 6.07) is 3.32. The minimum Gasteiger partial charge on any atom is -0.481 e. The number of carboxylic acids is 1. The number of hydrogen-bond acceptors (Lipinski definition) is 5. The fourth-order valence-corrected chi connectivity index (χ4v) is 1.59. The standard InChI is InChI=1S/C13H20N4O3/c1-2-14-13(20)10-7-8-11(17-16-10)15-9-5-3-4-6-12(18)19/h7-8H,2-6,9H2,1H3,(H,14,20)(H,15,17)(H,18,19). The summed E-state index contributed by atoms with van der Waals surface area (Å²) in [7, 11) is 0. The largest absolute Gasteiger partial charge is 0.481 e. The number of amides is 1. The molecule has 3 N–H and O–H groups in total. The molecule has 0 fully saturated rings. The molecule has 1 rings (SSSR count). The highest BCUT2D eigenvalue weighted by Crippen LogP contribution is 2.04. The molecule has 110 valence electrons. The molecule has 1 aromatic heterocycles. The summed E-state index contributed by atoms with van der Waals surface area (Å²) in [4.78, 5) is 21.8. The van der Waals surface area contributed by atoms with Crippen LogP contribution in [0.15, 0.2) is 12.1 Å². The number of hydrogen-bond donors (Lipinski definition) is 3. The lowest BCUT2D eigenvalue weighted by atomic mass is 10.2. The van der Waals surface area contributed by atoms with Crippen LogP contribution in [0.3, 0.4) is 0 Å². The smallest absolute Gasteiger partial charge is 0.303 e. The van der Waals surface area contributed by atoms with Gasteiger partial charge in [-0.15, -0.1) is 10.2 Å².